The normalized spacial score (nSPS) is 11.4. The maximum atomic E-state index is 12.2. The van der Waals surface area contributed by atoms with E-state index in [9.17, 15) is 13.5 Å². The molecule has 0 atom stereocenters. The molecule has 4 nitrogen and oxygen atoms in total. The summed E-state index contributed by atoms with van der Waals surface area (Å²) in [5.41, 5.74) is 0.671. The Kier molecular flexibility index (Phi) is 3.68. The van der Waals surface area contributed by atoms with Crippen LogP contribution in [0.25, 0.3) is 0 Å². The first-order chi connectivity index (χ1) is 8.50. The van der Waals surface area contributed by atoms with Crippen LogP contribution in [-0.2, 0) is 15.6 Å². The summed E-state index contributed by atoms with van der Waals surface area (Å²) in [7, 11) is -3.59. The molecule has 2 rings (SSSR count). The van der Waals surface area contributed by atoms with Gasteiger partial charge in [0.05, 0.1) is 5.75 Å². The minimum atomic E-state index is -3.59. The number of rotatable bonds is 3. The summed E-state index contributed by atoms with van der Waals surface area (Å²) in [4.78, 5) is 3.64. The second-order valence-electron chi connectivity index (χ2n) is 3.69. The molecule has 1 heterocycles. The Labute approximate surface area is 113 Å². The third-order valence-corrected chi connectivity index (χ3v) is 4.67. The predicted octanol–water partition coefficient (Wildman–Crippen LogP) is 2.52. The van der Waals surface area contributed by atoms with Gasteiger partial charge in [0, 0.05) is 6.20 Å². The fourth-order valence-corrected chi connectivity index (χ4v) is 3.44. The van der Waals surface area contributed by atoms with Gasteiger partial charge < -0.3 is 5.11 Å². The third-order valence-electron chi connectivity index (χ3n) is 2.38. The van der Waals surface area contributed by atoms with Crippen molar-refractivity contribution in [2.75, 3.05) is 0 Å². The highest BCUT2D eigenvalue weighted by Crippen LogP contribution is 2.30. The smallest absolute Gasteiger partial charge is 0.186 e. The molecular formula is C12H10BrNO3S. The van der Waals surface area contributed by atoms with E-state index < -0.39 is 9.84 Å². The lowest BCUT2D eigenvalue weighted by atomic mass is 10.2. The fraction of sp³-hybridized carbons (Fsp3) is 0.0833. The van der Waals surface area contributed by atoms with Crippen LogP contribution < -0.4 is 0 Å². The van der Waals surface area contributed by atoms with Crippen LogP contribution in [0, 0.1) is 0 Å². The van der Waals surface area contributed by atoms with Gasteiger partial charge in [-0.2, -0.15) is 0 Å². The van der Waals surface area contributed by atoms with Crippen LogP contribution in [0.4, 0.5) is 0 Å². The van der Waals surface area contributed by atoms with Crippen molar-refractivity contribution in [2.45, 2.75) is 10.6 Å². The summed E-state index contributed by atoms with van der Waals surface area (Å²) in [6.45, 7) is 0. The fourth-order valence-electron chi connectivity index (χ4n) is 1.53. The lowest BCUT2D eigenvalue weighted by Gasteiger charge is -2.07. The van der Waals surface area contributed by atoms with E-state index in [0.29, 0.717) is 5.56 Å². The second kappa shape index (κ2) is 5.07. The van der Waals surface area contributed by atoms with Gasteiger partial charge in [0.25, 0.3) is 0 Å². The first-order valence-corrected chi connectivity index (χ1v) is 7.55. The number of pyridine rings is 1. The van der Waals surface area contributed by atoms with Crippen LogP contribution in [0.2, 0.25) is 0 Å². The van der Waals surface area contributed by atoms with Crippen molar-refractivity contribution in [3.8, 4) is 5.75 Å². The van der Waals surface area contributed by atoms with Gasteiger partial charge in [-0.25, -0.2) is 13.4 Å². The molecule has 0 fully saturated rings. The Morgan fingerprint density at radius 3 is 2.50 bits per heavy atom. The lowest BCUT2D eigenvalue weighted by molar-refractivity contribution is 0.451. The second-order valence-corrected chi connectivity index (χ2v) is 6.40. The summed E-state index contributed by atoms with van der Waals surface area (Å²) in [5, 5.41) is 9.72. The van der Waals surface area contributed by atoms with Gasteiger partial charge in [-0.1, -0.05) is 30.3 Å². The van der Waals surface area contributed by atoms with E-state index in [1.54, 1.807) is 24.3 Å². The SMILES string of the molecule is O=S(=O)(Cc1ccccc1)c1ccnc(Br)c1O. The highest BCUT2D eigenvalue weighted by molar-refractivity contribution is 9.10. The predicted molar refractivity (Wildman–Crippen MR) is 70.9 cm³/mol. The number of aromatic nitrogens is 1. The number of aromatic hydroxyl groups is 1. The van der Waals surface area contributed by atoms with Crippen molar-refractivity contribution in [1.29, 1.82) is 0 Å². The molecule has 0 bridgehead atoms. The van der Waals surface area contributed by atoms with Crippen molar-refractivity contribution in [3.63, 3.8) is 0 Å². The van der Waals surface area contributed by atoms with Crippen molar-refractivity contribution < 1.29 is 13.5 Å². The van der Waals surface area contributed by atoms with Crippen LogP contribution in [0.15, 0.2) is 52.1 Å². The molecule has 0 saturated carbocycles. The highest BCUT2D eigenvalue weighted by atomic mass is 79.9. The molecular weight excluding hydrogens is 318 g/mol. The minimum absolute atomic E-state index is 0.117. The molecule has 0 saturated heterocycles. The summed E-state index contributed by atoms with van der Waals surface area (Å²) in [6.07, 6.45) is 1.34. The largest absolute Gasteiger partial charge is 0.504 e. The quantitative estimate of drug-likeness (QED) is 0.879. The van der Waals surface area contributed by atoms with E-state index in [-0.39, 0.29) is 21.0 Å². The third kappa shape index (κ3) is 2.70. The number of benzene rings is 1. The molecule has 0 aliphatic rings. The number of halogens is 1. The topological polar surface area (TPSA) is 67.3 Å². The van der Waals surface area contributed by atoms with E-state index in [1.165, 1.54) is 12.3 Å². The molecule has 1 N–H and O–H groups in total. The van der Waals surface area contributed by atoms with Crippen LogP contribution >= 0.6 is 15.9 Å². The average molecular weight is 328 g/mol. The molecule has 1 aromatic carbocycles. The van der Waals surface area contributed by atoms with Crippen molar-refractivity contribution in [1.82, 2.24) is 4.98 Å². The zero-order chi connectivity index (χ0) is 13.2. The summed E-state index contributed by atoms with van der Waals surface area (Å²) < 4.78 is 24.5. The molecule has 0 aliphatic carbocycles. The van der Waals surface area contributed by atoms with E-state index in [0.717, 1.165) is 0 Å². The number of hydrogen-bond acceptors (Lipinski definition) is 4. The van der Waals surface area contributed by atoms with Gasteiger partial charge in [0.2, 0.25) is 0 Å². The molecule has 0 spiro atoms. The molecule has 2 aromatic rings. The first-order valence-electron chi connectivity index (χ1n) is 5.11. The van der Waals surface area contributed by atoms with Crippen molar-refractivity contribution in [3.05, 3.63) is 52.8 Å². The van der Waals surface area contributed by atoms with E-state index >= 15 is 0 Å². The Morgan fingerprint density at radius 1 is 1.17 bits per heavy atom. The van der Waals surface area contributed by atoms with E-state index in [2.05, 4.69) is 20.9 Å². The first kappa shape index (κ1) is 13.0. The molecule has 0 unspecified atom stereocenters. The summed E-state index contributed by atoms with van der Waals surface area (Å²) in [5.74, 6) is -0.508. The Morgan fingerprint density at radius 2 is 1.83 bits per heavy atom. The van der Waals surface area contributed by atoms with Crippen LogP contribution in [0.1, 0.15) is 5.56 Å². The van der Waals surface area contributed by atoms with Gasteiger partial charge >= 0.3 is 0 Å². The van der Waals surface area contributed by atoms with Crippen LogP contribution in [-0.4, -0.2) is 18.5 Å². The van der Waals surface area contributed by atoms with E-state index in [1.807, 2.05) is 6.07 Å². The van der Waals surface area contributed by atoms with Gasteiger partial charge in [-0.3, -0.25) is 0 Å². The zero-order valence-corrected chi connectivity index (χ0v) is 11.6. The maximum absolute atomic E-state index is 12.2. The molecule has 94 valence electrons. The van der Waals surface area contributed by atoms with Crippen molar-refractivity contribution in [2.24, 2.45) is 0 Å². The van der Waals surface area contributed by atoms with E-state index in [4.69, 9.17) is 0 Å². The summed E-state index contributed by atoms with van der Waals surface area (Å²) in [6, 6.07) is 10.1. The highest BCUT2D eigenvalue weighted by Gasteiger charge is 2.21. The Hall–Kier alpha value is -1.40. The van der Waals surface area contributed by atoms with Crippen LogP contribution in [0.3, 0.4) is 0 Å². The van der Waals surface area contributed by atoms with Crippen molar-refractivity contribution >= 4 is 25.8 Å². The lowest BCUT2D eigenvalue weighted by Crippen LogP contribution is -2.05. The molecule has 0 aliphatic heterocycles. The minimum Gasteiger partial charge on any atom is -0.504 e. The average Bonchev–Trinajstić information content (AvgIpc) is 2.33. The number of sulfone groups is 1. The molecule has 18 heavy (non-hydrogen) atoms. The summed E-state index contributed by atoms with van der Waals surface area (Å²) >= 11 is 3.00. The van der Waals surface area contributed by atoms with Gasteiger partial charge in [-0.15, -0.1) is 0 Å². The molecule has 6 heteroatoms. The Balaban J connectivity index is 2.41. The molecule has 0 amide bonds. The number of nitrogens with zero attached hydrogens (tertiary/aromatic N) is 1. The standard InChI is InChI=1S/C12H10BrNO3S/c13-12-11(15)10(6-7-14-12)18(16,17)8-9-4-2-1-3-5-9/h1-7,15H,8H2. The van der Waals surface area contributed by atoms with Crippen LogP contribution in [0.5, 0.6) is 5.75 Å². The molecule has 0 radical (unpaired) electrons. The zero-order valence-electron chi connectivity index (χ0n) is 9.25. The Bertz CT molecular complexity index is 656. The maximum Gasteiger partial charge on any atom is 0.186 e. The monoisotopic (exact) mass is 327 g/mol. The van der Waals surface area contributed by atoms with Gasteiger partial charge in [-0.05, 0) is 27.6 Å². The van der Waals surface area contributed by atoms with Gasteiger partial charge in [0.1, 0.15) is 9.50 Å². The van der Waals surface area contributed by atoms with Gasteiger partial charge in [0.15, 0.2) is 15.6 Å². The number of hydrogen-bond donors (Lipinski definition) is 1. The molecule has 1 aromatic heterocycles.